The maximum absolute atomic E-state index is 13.2. The lowest BCUT2D eigenvalue weighted by molar-refractivity contribution is 0.337. The first-order chi connectivity index (χ1) is 13.4. The van der Waals surface area contributed by atoms with Gasteiger partial charge in [-0.05, 0) is 57.1 Å². The second-order valence-electron chi connectivity index (χ2n) is 7.33. The highest BCUT2D eigenvalue weighted by atomic mass is 32.2. The number of hydrogen-bond donors (Lipinski definition) is 2. The maximum atomic E-state index is 13.2. The summed E-state index contributed by atoms with van der Waals surface area (Å²) in [6.07, 6.45) is 4.60. The molecule has 28 heavy (non-hydrogen) atoms. The molecule has 2 aromatic rings. The topological polar surface area (TPSA) is 84.0 Å². The summed E-state index contributed by atoms with van der Waals surface area (Å²) < 4.78 is 39.5. The molecule has 0 amide bonds. The van der Waals surface area contributed by atoms with Gasteiger partial charge in [0.2, 0.25) is 16.0 Å². The molecule has 1 aliphatic carbocycles. The third-order valence-electron chi connectivity index (χ3n) is 5.07. The fraction of sp³-hybridized carbons (Fsp3) is 0.579. The fourth-order valence-electron chi connectivity index (χ4n) is 3.54. The number of hydrogen-bond acceptors (Lipinski definition) is 6. The highest BCUT2D eigenvalue weighted by molar-refractivity contribution is 7.89. The van der Waals surface area contributed by atoms with Crippen LogP contribution in [0.3, 0.4) is 0 Å². The number of rotatable bonds is 8. The van der Waals surface area contributed by atoms with Crippen molar-refractivity contribution in [2.45, 2.75) is 52.0 Å². The van der Waals surface area contributed by atoms with Crippen molar-refractivity contribution in [3.05, 3.63) is 29.2 Å². The summed E-state index contributed by atoms with van der Waals surface area (Å²) in [7, 11) is -3.13. The molecule has 0 atom stereocenters. The number of pyridine rings is 1. The Labute approximate surface area is 170 Å². The van der Waals surface area contributed by atoms with Gasteiger partial charge in [0.15, 0.2) is 5.13 Å². The number of anilines is 1. The van der Waals surface area contributed by atoms with Crippen LogP contribution in [0.2, 0.25) is 0 Å². The van der Waals surface area contributed by atoms with Crippen LogP contribution >= 0.6 is 11.3 Å². The molecule has 0 aromatic carbocycles. The van der Waals surface area contributed by atoms with E-state index in [0.29, 0.717) is 30.6 Å². The minimum atomic E-state index is -3.13. The van der Waals surface area contributed by atoms with Gasteiger partial charge in [-0.25, -0.2) is 23.1 Å². The molecule has 1 fully saturated rings. The van der Waals surface area contributed by atoms with Crippen LogP contribution in [0, 0.1) is 18.8 Å². The van der Waals surface area contributed by atoms with Gasteiger partial charge >= 0.3 is 0 Å². The number of nitrogens with one attached hydrogen (secondary N) is 2. The second kappa shape index (κ2) is 9.28. The first kappa shape index (κ1) is 21.1. The van der Waals surface area contributed by atoms with E-state index in [1.165, 1.54) is 17.4 Å². The summed E-state index contributed by atoms with van der Waals surface area (Å²) >= 11 is 1.54. The zero-order valence-electron chi connectivity index (χ0n) is 16.2. The highest BCUT2D eigenvalue weighted by Gasteiger charge is 2.23. The van der Waals surface area contributed by atoms with Crippen molar-refractivity contribution in [2.24, 2.45) is 5.92 Å². The van der Waals surface area contributed by atoms with Gasteiger partial charge in [0, 0.05) is 29.2 Å². The van der Waals surface area contributed by atoms with Crippen molar-refractivity contribution in [2.75, 3.05) is 17.6 Å². The third kappa shape index (κ3) is 5.71. The Morgan fingerprint density at radius 2 is 1.96 bits per heavy atom. The predicted octanol–water partition coefficient (Wildman–Crippen LogP) is 3.95. The van der Waals surface area contributed by atoms with E-state index in [9.17, 15) is 12.8 Å². The zero-order valence-corrected chi connectivity index (χ0v) is 17.9. The summed E-state index contributed by atoms with van der Waals surface area (Å²) in [5.74, 6) is 0.104. The van der Waals surface area contributed by atoms with E-state index in [0.717, 1.165) is 42.1 Å². The molecule has 0 radical (unpaired) electrons. The van der Waals surface area contributed by atoms with Gasteiger partial charge in [-0.3, -0.25) is 0 Å². The summed E-state index contributed by atoms with van der Waals surface area (Å²) in [5.41, 5.74) is 2.27. The summed E-state index contributed by atoms with van der Waals surface area (Å²) in [4.78, 5) is 8.48. The van der Waals surface area contributed by atoms with Crippen LogP contribution in [-0.2, 0) is 10.0 Å². The zero-order chi connectivity index (χ0) is 20.1. The van der Waals surface area contributed by atoms with Gasteiger partial charge in [0.1, 0.15) is 0 Å². The Hall–Kier alpha value is -1.58. The van der Waals surface area contributed by atoms with Crippen LogP contribution < -0.4 is 10.0 Å². The molecular formula is C19H27FN4O2S2. The van der Waals surface area contributed by atoms with Gasteiger partial charge < -0.3 is 5.32 Å². The van der Waals surface area contributed by atoms with Crippen LogP contribution in [0.25, 0.3) is 11.3 Å². The molecule has 3 rings (SSSR count). The first-order valence-electron chi connectivity index (χ1n) is 9.69. The first-order valence-corrected chi connectivity index (χ1v) is 12.2. The van der Waals surface area contributed by atoms with Crippen LogP contribution in [0.4, 0.5) is 9.52 Å². The van der Waals surface area contributed by atoms with Crippen molar-refractivity contribution in [3.8, 4) is 11.3 Å². The van der Waals surface area contributed by atoms with E-state index >= 15 is 0 Å². The monoisotopic (exact) mass is 426 g/mol. The summed E-state index contributed by atoms with van der Waals surface area (Å²) in [5, 5.41) is 6.30. The van der Waals surface area contributed by atoms with Crippen molar-refractivity contribution in [3.63, 3.8) is 0 Å². The quantitative estimate of drug-likeness (QED) is 0.625. The predicted molar refractivity (Wildman–Crippen MR) is 111 cm³/mol. The smallest absolute Gasteiger partial charge is 0.213 e. The van der Waals surface area contributed by atoms with E-state index in [1.54, 1.807) is 13.0 Å². The number of halogens is 1. The molecular weight excluding hydrogens is 399 g/mol. The Bertz CT molecular complexity index is 893. The van der Waals surface area contributed by atoms with Crippen molar-refractivity contribution in [1.29, 1.82) is 0 Å². The van der Waals surface area contributed by atoms with E-state index in [1.807, 2.05) is 12.3 Å². The normalized spacial score (nSPS) is 20.2. The second-order valence-corrected chi connectivity index (χ2v) is 10.1. The van der Waals surface area contributed by atoms with Crippen molar-refractivity contribution in [1.82, 2.24) is 14.7 Å². The standard InChI is InChI=1S/C19H27FN4O2S2/c1-3-10-28(25,26)21-11-14-4-6-15(7-5-14)23-19-24-17(12-27-19)16-8-9-18(20)22-13(16)2/h8-9,12,14-15,21H,3-7,10-11H2,1-2H3,(H,23,24). The van der Waals surface area contributed by atoms with Gasteiger partial charge in [0.05, 0.1) is 11.4 Å². The molecule has 2 N–H and O–H groups in total. The molecule has 0 aliphatic heterocycles. The van der Waals surface area contributed by atoms with Gasteiger partial charge in [-0.1, -0.05) is 6.92 Å². The van der Waals surface area contributed by atoms with Gasteiger partial charge in [-0.15, -0.1) is 11.3 Å². The lowest BCUT2D eigenvalue weighted by atomic mass is 9.86. The molecule has 2 aromatic heterocycles. The van der Waals surface area contributed by atoms with Gasteiger partial charge in [-0.2, -0.15) is 4.39 Å². The van der Waals surface area contributed by atoms with Crippen LogP contribution in [0.15, 0.2) is 17.5 Å². The Kier molecular flexibility index (Phi) is 7.00. The minimum absolute atomic E-state index is 0.194. The molecule has 9 heteroatoms. The van der Waals surface area contributed by atoms with Crippen LogP contribution in [-0.4, -0.2) is 36.7 Å². The maximum Gasteiger partial charge on any atom is 0.213 e. The van der Waals surface area contributed by atoms with Crippen LogP contribution in [0.1, 0.15) is 44.7 Å². The SMILES string of the molecule is CCCS(=O)(=O)NCC1CCC(Nc2nc(-c3ccc(F)nc3C)cs2)CC1. The lowest BCUT2D eigenvalue weighted by Crippen LogP contribution is -2.34. The number of aromatic nitrogens is 2. The molecule has 1 aliphatic rings. The molecule has 2 heterocycles. The fourth-order valence-corrected chi connectivity index (χ4v) is 5.50. The molecule has 0 spiro atoms. The lowest BCUT2D eigenvalue weighted by Gasteiger charge is -2.29. The van der Waals surface area contributed by atoms with Crippen LogP contribution in [0.5, 0.6) is 0 Å². The molecule has 154 valence electrons. The molecule has 0 saturated heterocycles. The third-order valence-corrected chi connectivity index (χ3v) is 7.40. The number of aryl methyl sites for hydroxylation is 1. The van der Waals surface area contributed by atoms with E-state index in [2.05, 4.69) is 20.0 Å². The average molecular weight is 427 g/mol. The highest BCUT2D eigenvalue weighted by Crippen LogP contribution is 2.30. The van der Waals surface area contributed by atoms with E-state index in [-0.39, 0.29) is 5.75 Å². The minimum Gasteiger partial charge on any atom is -0.359 e. The van der Waals surface area contributed by atoms with E-state index < -0.39 is 16.0 Å². The van der Waals surface area contributed by atoms with Crippen molar-refractivity contribution < 1.29 is 12.8 Å². The number of thiazole rings is 1. The summed E-state index contributed by atoms with van der Waals surface area (Å²) in [6, 6.07) is 3.40. The molecule has 0 bridgehead atoms. The molecule has 0 unspecified atom stereocenters. The Morgan fingerprint density at radius 3 is 2.64 bits per heavy atom. The number of sulfonamides is 1. The average Bonchev–Trinajstić information content (AvgIpc) is 3.09. The number of nitrogens with zero attached hydrogens (tertiary/aromatic N) is 2. The molecule has 6 nitrogen and oxygen atoms in total. The van der Waals surface area contributed by atoms with E-state index in [4.69, 9.17) is 0 Å². The largest absolute Gasteiger partial charge is 0.359 e. The van der Waals surface area contributed by atoms with Crippen molar-refractivity contribution >= 4 is 26.5 Å². The Morgan fingerprint density at radius 1 is 1.21 bits per heavy atom. The summed E-state index contributed by atoms with van der Waals surface area (Å²) in [6.45, 7) is 4.18. The Balaban J connectivity index is 1.50. The molecule has 1 saturated carbocycles. The van der Waals surface area contributed by atoms with Gasteiger partial charge in [0.25, 0.3) is 0 Å².